The number of nitrogens with one attached hydrogen (secondary N) is 1. The molecule has 0 aliphatic rings. The van der Waals surface area contributed by atoms with Gasteiger partial charge in [-0.3, -0.25) is 0 Å². The third-order valence-electron chi connectivity index (χ3n) is 3.11. The van der Waals surface area contributed by atoms with Crippen molar-refractivity contribution in [3.05, 3.63) is 28.1 Å². The highest BCUT2D eigenvalue weighted by molar-refractivity contribution is 5.85. The fraction of sp³-hybridized carbons (Fsp3) is 0.467. The lowest BCUT2D eigenvalue weighted by Gasteiger charge is -2.15. The average Bonchev–Trinajstić information content (AvgIpc) is 2.36. The Morgan fingerprint density at radius 1 is 1.35 bits per heavy atom. The molecule has 20 heavy (non-hydrogen) atoms. The van der Waals surface area contributed by atoms with Gasteiger partial charge in [-0.2, -0.15) is 4.98 Å². The zero-order chi connectivity index (χ0) is 14.9. The molecule has 0 unspecified atom stereocenters. The molecule has 0 bridgehead atoms. The number of nitrogens with zero attached hydrogens (tertiary/aromatic N) is 2. The van der Waals surface area contributed by atoms with Crippen LogP contribution in [0.25, 0.3) is 10.9 Å². The van der Waals surface area contributed by atoms with Crippen molar-refractivity contribution in [3.63, 3.8) is 0 Å². The van der Waals surface area contributed by atoms with Crippen molar-refractivity contribution >= 4 is 22.6 Å². The molecule has 1 heterocycles. The van der Waals surface area contributed by atoms with Crippen LogP contribution in [0.3, 0.4) is 0 Å². The highest BCUT2D eigenvalue weighted by Gasteiger charge is 2.13. The molecule has 0 radical (unpaired) electrons. The van der Waals surface area contributed by atoms with Gasteiger partial charge in [0.05, 0.1) is 10.9 Å². The molecular weight excluding hydrogens is 254 g/mol. The quantitative estimate of drug-likeness (QED) is 0.929. The molecule has 2 rings (SSSR count). The summed E-state index contributed by atoms with van der Waals surface area (Å²) >= 11 is 0. The molecule has 0 atom stereocenters. The maximum atomic E-state index is 12.2. The minimum absolute atomic E-state index is 0.158. The van der Waals surface area contributed by atoms with E-state index in [1.54, 1.807) is 0 Å². The first-order chi connectivity index (χ1) is 9.42. The van der Waals surface area contributed by atoms with E-state index in [0.717, 1.165) is 17.7 Å². The summed E-state index contributed by atoms with van der Waals surface area (Å²) in [5.41, 5.74) is 2.33. The van der Waals surface area contributed by atoms with Gasteiger partial charge in [0, 0.05) is 25.8 Å². The van der Waals surface area contributed by atoms with Gasteiger partial charge in [0.1, 0.15) is 0 Å². The van der Waals surface area contributed by atoms with E-state index < -0.39 is 0 Å². The van der Waals surface area contributed by atoms with E-state index in [-0.39, 0.29) is 17.7 Å². The lowest BCUT2D eigenvalue weighted by Crippen LogP contribution is -2.15. The van der Waals surface area contributed by atoms with Gasteiger partial charge < -0.3 is 14.6 Å². The second-order valence-electron chi connectivity index (χ2n) is 5.35. The van der Waals surface area contributed by atoms with E-state index in [1.165, 1.54) is 0 Å². The van der Waals surface area contributed by atoms with Crippen LogP contribution in [0.15, 0.2) is 21.3 Å². The molecule has 0 saturated heterocycles. The van der Waals surface area contributed by atoms with Gasteiger partial charge in [0.25, 0.3) is 6.01 Å². The number of aromatic nitrogens is 1. The second-order valence-corrected chi connectivity index (χ2v) is 5.35. The number of hydrogen-bond donors (Lipinski definition) is 1. The first-order valence-corrected chi connectivity index (χ1v) is 6.84. The van der Waals surface area contributed by atoms with E-state index in [0.29, 0.717) is 10.9 Å². The molecule has 1 aromatic carbocycles. The zero-order valence-corrected chi connectivity index (χ0v) is 12.7. The molecular formula is C15H21N3O2. The molecule has 1 N–H and O–H groups in total. The fourth-order valence-corrected chi connectivity index (χ4v) is 2.11. The van der Waals surface area contributed by atoms with E-state index in [4.69, 9.17) is 4.42 Å². The monoisotopic (exact) mass is 275 g/mol. The van der Waals surface area contributed by atoms with Crippen molar-refractivity contribution in [2.75, 3.05) is 24.3 Å². The third kappa shape index (κ3) is 2.76. The summed E-state index contributed by atoms with van der Waals surface area (Å²) < 4.78 is 5.25. The Kier molecular flexibility index (Phi) is 3.97. The number of aryl methyl sites for hydroxylation is 1. The summed E-state index contributed by atoms with van der Waals surface area (Å²) in [5.74, 6) is 0. The van der Waals surface area contributed by atoms with Crippen LogP contribution >= 0.6 is 0 Å². The normalized spacial score (nSPS) is 11.1. The molecule has 0 fully saturated rings. The fourth-order valence-electron chi connectivity index (χ4n) is 2.11. The van der Waals surface area contributed by atoms with Crippen LogP contribution in [-0.4, -0.2) is 25.1 Å². The summed E-state index contributed by atoms with van der Waals surface area (Å²) in [5, 5.41) is 3.61. The molecule has 5 heteroatoms. The lowest BCUT2D eigenvalue weighted by molar-refractivity contribution is 0.511. The van der Waals surface area contributed by atoms with Gasteiger partial charge in [-0.1, -0.05) is 6.92 Å². The Hall–Kier alpha value is -2.04. The Balaban J connectivity index is 2.70. The van der Waals surface area contributed by atoms with Crippen LogP contribution < -0.4 is 15.8 Å². The topological polar surface area (TPSA) is 58.4 Å². The lowest BCUT2D eigenvalue weighted by atomic mass is 10.1. The predicted octanol–water partition coefficient (Wildman–Crippen LogP) is 2.64. The standard InChI is InChI=1S/C15H21N3O2/c1-6-10-7-11(18(4)5)8-12-13(10)14(19)20-15(17-12)16-9(2)3/h7-9H,6H2,1-5H3,(H,16,17). The van der Waals surface area contributed by atoms with Gasteiger partial charge in [-0.15, -0.1) is 0 Å². The number of fused-ring (bicyclic) bond motifs is 1. The molecule has 2 aromatic rings. The maximum Gasteiger partial charge on any atom is 0.348 e. The smallest absolute Gasteiger partial charge is 0.348 e. The molecule has 0 amide bonds. The molecule has 0 aliphatic carbocycles. The maximum absolute atomic E-state index is 12.2. The SMILES string of the molecule is CCc1cc(N(C)C)cc2nc(NC(C)C)oc(=O)c12. The zero-order valence-electron chi connectivity index (χ0n) is 12.7. The number of anilines is 2. The molecule has 0 spiro atoms. The molecule has 5 nitrogen and oxygen atoms in total. The van der Waals surface area contributed by atoms with Crippen LogP contribution in [0.5, 0.6) is 0 Å². The number of hydrogen-bond acceptors (Lipinski definition) is 5. The first-order valence-electron chi connectivity index (χ1n) is 6.84. The highest BCUT2D eigenvalue weighted by atomic mass is 16.4. The summed E-state index contributed by atoms with van der Waals surface area (Å²) in [6.07, 6.45) is 0.765. The van der Waals surface area contributed by atoms with Crippen LogP contribution in [0.1, 0.15) is 26.3 Å². The van der Waals surface area contributed by atoms with Gasteiger partial charge in [0.2, 0.25) is 0 Å². The van der Waals surface area contributed by atoms with E-state index >= 15 is 0 Å². The van der Waals surface area contributed by atoms with Crippen LogP contribution in [-0.2, 0) is 6.42 Å². The molecule has 0 aliphatic heterocycles. The van der Waals surface area contributed by atoms with Gasteiger partial charge in [-0.05, 0) is 38.0 Å². The van der Waals surface area contributed by atoms with Crippen molar-refractivity contribution in [1.82, 2.24) is 4.98 Å². The molecule has 1 aromatic heterocycles. The van der Waals surface area contributed by atoms with Crippen LogP contribution in [0, 0.1) is 0 Å². The van der Waals surface area contributed by atoms with E-state index in [1.807, 2.05) is 51.9 Å². The average molecular weight is 275 g/mol. The Morgan fingerprint density at radius 3 is 2.60 bits per heavy atom. The summed E-state index contributed by atoms with van der Waals surface area (Å²) in [6, 6.07) is 4.36. The predicted molar refractivity (Wildman–Crippen MR) is 82.7 cm³/mol. The van der Waals surface area contributed by atoms with Gasteiger partial charge in [0.15, 0.2) is 0 Å². The van der Waals surface area contributed by atoms with E-state index in [9.17, 15) is 4.79 Å². The largest absolute Gasteiger partial charge is 0.389 e. The Morgan fingerprint density at radius 2 is 2.05 bits per heavy atom. The van der Waals surface area contributed by atoms with Crippen molar-refractivity contribution in [2.24, 2.45) is 0 Å². The molecule has 0 saturated carbocycles. The molecule has 108 valence electrons. The summed E-state index contributed by atoms with van der Waals surface area (Å²) in [6.45, 7) is 5.97. The minimum Gasteiger partial charge on any atom is -0.389 e. The van der Waals surface area contributed by atoms with Gasteiger partial charge in [-0.25, -0.2) is 4.79 Å². The third-order valence-corrected chi connectivity index (χ3v) is 3.11. The number of benzene rings is 1. The number of rotatable bonds is 4. The first kappa shape index (κ1) is 14.4. The summed E-state index contributed by atoms with van der Waals surface area (Å²) in [7, 11) is 3.94. The van der Waals surface area contributed by atoms with Crippen molar-refractivity contribution in [3.8, 4) is 0 Å². The minimum atomic E-state index is -0.333. The van der Waals surface area contributed by atoms with Gasteiger partial charge >= 0.3 is 5.63 Å². The van der Waals surface area contributed by atoms with Crippen molar-refractivity contribution in [2.45, 2.75) is 33.2 Å². The van der Waals surface area contributed by atoms with Crippen LogP contribution in [0.2, 0.25) is 0 Å². The van der Waals surface area contributed by atoms with Crippen molar-refractivity contribution < 1.29 is 4.42 Å². The van der Waals surface area contributed by atoms with E-state index in [2.05, 4.69) is 10.3 Å². The Labute approximate surface area is 118 Å². The summed E-state index contributed by atoms with van der Waals surface area (Å²) in [4.78, 5) is 18.6. The second kappa shape index (κ2) is 5.53. The van der Waals surface area contributed by atoms with Crippen molar-refractivity contribution in [1.29, 1.82) is 0 Å². The highest BCUT2D eigenvalue weighted by Crippen LogP contribution is 2.23. The van der Waals surface area contributed by atoms with Crippen LogP contribution in [0.4, 0.5) is 11.7 Å². The Bertz CT molecular complexity index is 675.